The normalized spacial score (nSPS) is 12.5. The van der Waals surface area contributed by atoms with Crippen molar-refractivity contribution in [2.24, 2.45) is 0 Å². The van der Waals surface area contributed by atoms with E-state index in [-0.39, 0.29) is 0 Å². The Kier molecular flexibility index (Phi) is 9.77. The molecule has 324 valence electrons. The summed E-state index contributed by atoms with van der Waals surface area (Å²) in [5, 5.41) is 2.46. The minimum Gasteiger partial charge on any atom is -0.310 e. The van der Waals surface area contributed by atoms with E-state index in [0.29, 0.717) is 0 Å². The molecule has 1 heterocycles. The molecule has 13 rings (SSSR count). The molecule has 1 aliphatic rings. The Morgan fingerprint density at radius 1 is 0.290 bits per heavy atom. The first kappa shape index (κ1) is 40.3. The fourth-order valence-corrected chi connectivity index (χ4v) is 11.3. The second-order valence-electron chi connectivity index (χ2n) is 18.0. The number of benzene rings is 11. The van der Waals surface area contributed by atoms with Gasteiger partial charge in [0.2, 0.25) is 0 Å². The van der Waals surface area contributed by atoms with Gasteiger partial charge in [-0.2, -0.15) is 0 Å². The molecule has 69 heavy (non-hydrogen) atoms. The lowest BCUT2D eigenvalue weighted by Crippen LogP contribution is -2.28. The van der Waals surface area contributed by atoms with Crippen molar-refractivity contribution < 1.29 is 0 Å². The van der Waals surface area contributed by atoms with Gasteiger partial charge in [-0.25, -0.2) is 0 Å². The van der Waals surface area contributed by atoms with Crippen LogP contribution in [0.5, 0.6) is 0 Å². The van der Waals surface area contributed by atoms with Gasteiger partial charge in [0.25, 0.3) is 0 Å². The Morgan fingerprint density at radius 3 is 1.59 bits per heavy atom. The largest absolute Gasteiger partial charge is 0.310 e. The van der Waals surface area contributed by atoms with Crippen LogP contribution >= 0.6 is 0 Å². The Hall–Kier alpha value is -8.98. The highest BCUT2D eigenvalue weighted by Gasteiger charge is 2.46. The van der Waals surface area contributed by atoms with Crippen LogP contribution in [0, 0.1) is 0 Å². The highest BCUT2D eigenvalue weighted by atomic mass is 15.1. The lowest BCUT2D eigenvalue weighted by atomic mass is 9.67. The number of rotatable bonds is 9. The van der Waals surface area contributed by atoms with E-state index in [0.717, 1.165) is 33.9 Å². The van der Waals surface area contributed by atoms with Crippen molar-refractivity contribution in [1.29, 1.82) is 0 Å². The molecule has 0 bridgehead atoms. The Bertz CT molecular complexity index is 3790. The summed E-state index contributed by atoms with van der Waals surface area (Å²) >= 11 is 0. The number of anilines is 3. The lowest BCUT2D eigenvalue weighted by molar-refractivity contribution is 0.767. The highest BCUT2D eigenvalue weighted by molar-refractivity contribution is 6.11. The predicted octanol–water partition coefficient (Wildman–Crippen LogP) is 17.6. The molecule has 2 nitrogen and oxygen atoms in total. The van der Waals surface area contributed by atoms with E-state index in [1.807, 2.05) is 0 Å². The van der Waals surface area contributed by atoms with E-state index in [2.05, 4.69) is 289 Å². The highest BCUT2D eigenvalue weighted by Crippen LogP contribution is 2.57. The quantitative estimate of drug-likeness (QED) is 0.140. The molecule has 0 spiro atoms. The molecule has 0 fully saturated rings. The summed E-state index contributed by atoms with van der Waals surface area (Å²) in [6, 6.07) is 102. The molecule has 2 heteroatoms. The van der Waals surface area contributed by atoms with Gasteiger partial charge in [0.1, 0.15) is 0 Å². The van der Waals surface area contributed by atoms with Gasteiger partial charge in [-0.15, -0.1) is 0 Å². The maximum atomic E-state index is 2.49. The summed E-state index contributed by atoms with van der Waals surface area (Å²) in [6.45, 7) is 0. The molecular weight excluding hydrogens is 833 g/mol. The van der Waals surface area contributed by atoms with Crippen LogP contribution in [0.15, 0.2) is 279 Å². The van der Waals surface area contributed by atoms with Crippen molar-refractivity contribution >= 4 is 38.9 Å². The van der Waals surface area contributed by atoms with Crippen molar-refractivity contribution in [2.45, 2.75) is 5.41 Å². The minimum atomic E-state index is -0.503. The molecule has 0 saturated heterocycles. The van der Waals surface area contributed by atoms with Crippen LogP contribution in [0.3, 0.4) is 0 Å². The third-order valence-corrected chi connectivity index (χ3v) is 14.3. The van der Waals surface area contributed by atoms with Crippen LogP contribution in [0.25, 0.3) is 72.0 Å². The topological polar surface area (TPSA) is 8.17 Å². The standard InChI is InChI=1S/C67H46N2/c1-5-22-47(23-6-1)48-24-21-31-53(44-48)68(52-29-11-4-12-30-52)64-38-19-16-35-59(64)56-33-14-13-32-55(56)49-40-42-61-60-36-17-20-39-65(60)69(66(61)45-49)54-41-43-58-57-34-15-18-37-62(57)67(63(58)46-54,50-25-7-2-8-26-50)51-27-9-3-10-28-51/h1-46H. The Labute approximate surface area is 403 Å². The van der Waals surface area contributed by atoms with Gasteiger partial charge in [0.05, 0.1) is 22.1 Å². The maximum Gasteiger partial charge on any atom is 0.0714 e. The molecule has 11 aromatic carbocycles. The molecule has 1 aromatic heterocycles. The summed E-state index contributed by atoms with van der Waals surface area (Å²) in [7, 11) is 0. The van der Waals surface area contributed by atoms with Gasteiger partial charge in [0.15, 0.2) is 0 Å². The van der Waals surface area contributed by atoms with Crippen LogP contribution in [0.1, 0.15) is 22.3 Å². The molecule has 12 aromatic rings. The second kappa shape index (κ2) is 16.7. The lowest BCUT2D eigenvalue weighted by Gasteiger charge is -2.34. The average Bonchev–Trinajstić information content (AvgIpc) is 3.92. The number of hydrogen-bond acceptors (Lipinski definition) is 1. The van der Waals surface area contributed by atoms with Gasteiger partial charge < -0.3 is 9.47 Å². The molecule has 1 aliphatic carbocycles. The van der Waals surface area contributed by atoms with Gasteiger partial charge in [-0.05, 0) is 116 Å². The first-order chi connectivity index (χ1) is 34.3. The summed E-state index contributed by atoms with van der Waals surface area (Å²) < 4.78 is 2.49. The minimum absolute atomic E-state index is 0.503. The molecule has 0 unspecified atom stereocenters. The second-order valence-corrected chi connectivity index (χ2v) is 18.0. The number of fused-ring (bicyclic) bond motifs is 6. The summed E-state index contributed by atoms with van der Waals surface area (Å²) in [6.07, 6.45) is 0. The van der Waals surface area contributed by atoms with E-state index >= 15 is 0 Å². The molecule has 0 aliphatic heterocycles. The zero-order valence-electron chi connectivity index (χ0n) is 38.0. The molecule has 0 N–H and O–H groups in total. The maximum absolute atomic E-state index is 2.49. The first-order valence-electron chi connectivity index (χ1n) is 23.8. The van der Waals surface area contributed by atoms with Gasteiger partial charge >= 0.3 is 0 Å². The monoisotopic (exact) mass is 878 g/mol. The molecular formula is C67H46N2. The molecule has 0 atom stereocenters. The van der Waals surface area contributed by atoms with Crippen LogP contribution in [-0.4, -0.2) is 4.57 Å². The van der Waals surface area contributed by atoms with Crippen LogP contribution in [0.4, 0.5) is 17.1 Å². The van der Waals surface area contributed by atoms with Crippen molar-refractivity contribution in [1.82, 2.24) is 4.57 Å². The summed E-state index contributed by atoms with van der Waals surface area (Å²) in [4.78, 5) is 2.40. The number of hydrogen-bond donors (Lipinski definition) is 0. The predicted molar refractivity (Wildman–Crippen MR) is 289 cm³/mol. The van der Waals surface area contributed by atoms with Gasteiger partial charge in [-0.3, -0.25) is 0 Å². The summed E-state index contributed by atoms with van der Waals surface area (Å²) in [5.41, 5.74) is 21.0. The zero-order valence-corrected chi connectivity index (χ0v) is 38.0. The van der Waals surface area contributed by atoms with E-state index in [1.165, 1.54) is 77.4 Å². The van der Waals surface area contributed by atoms with Crippen LogP contribution < -0.4 is 4.90 Å². The van der Waals surface area contributed by atoms with E-state index in [4.69, 9.17) is 0 Å². The average molecular weight is 879 g/mol. The molecule has 0 amide bonds. The van der Waals surface area contributed by atoms with Gasteiger partial charge in [0, 0.05) is 33.4 Å². The van der Waals surface area contributed by atoms with E-state index < -0.39 is 5.41 Å². The number of nitrogens with zero attached hydrogens (tertiary/aromatic N) is 2. The van der Waals surface area contributed by atoms with Gasteiger partial charge in [-0.1, -0.05) is 224 Å². The van der Waals surface area contributed by atoms with E-state index in [9.17, 15) is 0 Å². The SMILES string of the molecule is c1ccc(-c2cccc(N(c3ccccc3)c3ccccc3-c3ccccc3-c3ccc4c5ccccc5n(-c5ccc6c(c5)C(c5ccccc5)(c5ccccc5)c5ccccc5-6)c4c3)c2)cc1. The Morgan fingerprint density at radius 2 is 0.841 bits per heavy atom. The third kappa shape index (κ3) is 6.56. The van der Waals surface area contributed by atoms with Crippen LogP contribution in [0.2, 0.25) is 0 Å². The molecule has 0 radical (unpaired) electrons. The smallest absolute Gasteiger partial charge is 0.0714 e. The fourth-order valence-electron chi connectivity index (χ4n) is 11.3. The zero-order chi connectivity index (χ0) is 45.7. The Balaban J connectivity index is 0.998. The molecule has 0 saturated carbocycles. The van der Waals surface area contributed by atoms with Crippen molar-refractivity contribution in [2.75, 3.05) is 4.90 Å². The van der Waals surface area contributed by atoms with E-state index in [1.54, 1.807) is 0 Å². The summed E-state index contributed by atoms with van der Waals surface area (Å²) in [5.74, 6) is 0. The first-order valence-corrected chi connectivity index (χ1v) is 23.8. The third-order valence-electron chi connectivity index (χ3n) is 14.3. The van der Waals surface area contributed by atoms with Crippen molar-refractivity contribution in [3.8, 4) is 50.2 Å². The van der Waals surface area contributed by atoms with Crippen LogP contribution in [-0.2, 0) is 5.41 Å². The van der Waals surface area contributed by atoms with Crippen molar-refractivity contribution in [3.05, 3.63) is 301 Å². The number of para-hydroxylation sites is 3. The number of aromatic nitrogens is 1. The van der Waals surface area contributed by atoms with Crippen molar-refractivity contribution in [3.63, 3.8) is 0 Å². The fraction of sp³-hybridized carbons (Fsp3) is 0.0149.